The summed E-state index contributed by atoms with van der Waals surface area (Å²) in [7, 11) is 1.31. The molecule has 0 unspecified atom stereocenters. The second kappa shape index (κ2) is 7.96. The van der Waals surface area contributed by atoms with Crippen LogP contribution >= 0.6 is 11.3 Å². The fourth-order valence-electron chi connectivity index (χ4n) is 3.22. The first-order valence-corrected chi connectivity index (χ1v) is 9.43. The molecule has 1 amide bonds. The van der Waals surface area contributed by atoms with E-state index < -0.39 is 5.97 Å². The molecule has 0 bridgehead atoms. The van der Waals surface area contributed by atoms with Gasteiger partial charge >= 0.3 is 5.97 Å². The number of methoxy groups -OCH3 is 1. The third-order valence-corrected chi connectivity index (χ3v) is 5.46. The Morgan fingerprint density at radius 1 is 1.46 bits per heavy atom. The van der Waals surface area contributed by atoms with Crippen molar-refractivity contribution in [3.05, 3.63) is 34.3 Å². The Morgan fingerprint density at radius 3 is 2.92 bits per heavy atom. The van der Waals surface area contributed by atoms with Gasteiger partial charge in [0.1, 0.15) is 0 Å². The van der Waals surface area contributed by atoms with Crippen LogP contribution in [0.3, 0.4) is 0 Å². The summed E-state index contributed by atoms with van der Waals surface area (Å²) in [5, 5.41) is 12.9. The van der Waals surface area contributed by atoms with Gasteiger partial charge in [-0.3, -0.25) is 9.69 Å². The van der Waals surface area contributed by atoms with Gasteiger partial charge in [0.2, 0.25) is 5.91 Å². The topological polar surface area (TPSA) is 89.4 Å². The van der Waals surface area contributed by atoms with Crippen LogP contribution < -0.4 is 5.32 Å². The van der Waals surface area contributed by atoms with E-state index in [1.54, 1.807) is 22.2 Å². The van der Waals surface area contributed by atoms with Crippen molar-refractivity contribution in [2.24, 2.45) is 0 Å². The molecule has 1 N–H and O–H groups in total. The highest BCUT2D eigenvalue weighted by molar-refractivity contribution is 7.09. The largest absolute Gasteiger partial charge is 0.464 e. The molecule has 9 heteroatoms. The predicted octanol–water partition coefficient (Wildman–Crippen LogP) is 1.47. The number of likely N-dealkylation sites (tertiary alicyclic amines) is 1. The number of thiophene rings is 1. The van der Waals surface area contributed by atoms with Gasteiger partial charge in [-0.2, -0.15) is 0 Å². The van der Waals surface area contributed by atoms with E-state index in [1.807, 2.05) is 17.5 Å². The van der Waals surface area contributed by atoms with E-state index in [0.29, 0.717) is 19.5 Å². The quantitative estimate of drug-likeness (QED) is 0.767. The summed E-state index contributed by atoms with van der Waals surface area (Å²) in [4.78, 5) is 27.6. The molecule has 3 rings (SSSR count). The highest BCUT2D eigenvalue weighted by atomic mass is 32.1. The second-order valence-electron chi connectivity index (χ2n) is 6.57. The molecule has 26 heavy (non-hydrogen) atoms. The van der Waals surface area contributed by atoms with Crippen LogP contribution in [0.4, 0.5) is 0 Å². The van der Waals surface area contributed by atoms with Crippen LogP contribution in [0.5, 0.6) is 0 Å². The van der Waals surface area contributed by atoms with Gasteiger partial charge in [0, 0.05) is 17.5 Å². The summed E-state index contributed by atoms with van der Waals surface area (Å²) in [5.74, 6) is -0.497. The number of esters is 1. The molecule has 2 aromatic heterocycles. The van der Waals surface area contributed by atoms with E-state index in [2.05, 4.69) is 39.1 Å². The van der Waals surface area contributed by atoms with Gasteiger partial charge in [0.05, 0.1) is 31.9 Å². The van der Waals surface area contributed by atoms with Crippen LogP contribution in [-0.4, -0.2) is 57.5 Å². The number of carbonyl (C=O) groups excluding carboxylic acids is 2. The SMILES string of the molecule is COC(=O)c1cn([C@@H]2C[C@@H](C(=O)NCc3cccs3)N(C(C)C)C2)nn1. The first kappa shape index (κ1) is 18.5. The van der Waals surface area contributed by atoms with Crippen molar-refractivity contribution in [1.82, 2.24) is 25.2 Å². The molecule has 140 valence electrons. The van der Waals surface area contributed by atoms with Crippen molar-refractivity contribution in [2.75, 3.05) is 13.7 Å². The lowest BCUT2D eigenvalue weighted by atomic mass is 10.1. The Labute approximate surface area is 156 Å². The fourth-order valence-corrected chi connectivity index (χ4v) is 3.86. The molecule has 2 atom stereocenters. The van der Waals surface area contributed by atoms with Crippen LogP contribution in [0.15, 0.2) is 23.7 Å². The average Bonchev–Trinajstić information content (AvgIpc) is 3.38. The standard InChI is InChI=1S/C17H23N5O3S/c1-11(2)21-9-12(22-10-14(19-20-22)17(24)25-3)7-15(21)16(23)18-8-13-5-4-6-26-13/h4-6,10-12,15H,7-9H2,1-3H3,(H,18,23)/t12-,15+/m1/s1. The smallest absolute Gasteiger partial charge is 0.360 e. The summed E-state index contributed by atoms with van der Waals surface area (Å²) < 4.78 is 6.33. The van der Waals surface area contributed by atoms with E-state index in [4.69, 9.17) is 0 Å². The van der Waals surface area contributed by atoms with Crippen molar-refractivity contribution < 1.29 is 14.3 Å². The van der Waals surface area contributed by atoms with Gasteiger partial charge in [-0.05, 0) is 31.7 Å². The number of carbonyl (C=O) groups is 2. The fraction of sp³-hybridized carbons (Fsp3) is 0.529. The van der Waals surface area contributed by atoms with Crippen molar-refractivity contribution in [1.29, 1.82) is 0 Å². The minimum absolute atomic E-state index is 0.0132. The zero-order chi connectivity index (χ0) is 18.7. The van der Waals surface area contributed by atoms with Gasteiger partial charge in [-0.1, -0.05) is 11.3 Å². The van der Waals surface area contributed by atoms with Crippen LogP contribution in [0.2, 0.25) is 0 Å². The van der Waals surface area contributed by atoms with Crippen molar-refractivity contribution in [3.8, 4) is 0 Å². The van der Waals surface area contributed by atoms with E-state index in [9.17, 15) is 9.59 Å². The summed E-state index contributed by atoms with van der Waals surface area (Å²) >= 11 is 1.63. The molecule has 0 saturated carbocycles. The Balaban J connectivity index is 1.68. The molecular formula is C17H23N5O3S. The van der Waals surface area contributed by atoms with Gasteiger partial charge in [-0.15, -0.1) is 16.4 Å². The number of hydrogen-bond donors (Lipinski definition) is 1. The molecule has 1 saturated heterocycles. The molecule has 0 spiro atoms. The third-order valence-electron chi connectivity index (χ3n) is 4.58. The summed E-state index contributed by atoms with van der Waals surface area (Å²) in [6.45, 7) is 5.37. The first-order chi connectivity index (χ1) is 12.5. The van der Waals surface area contributed by atoms with E-state index in [0.717, 1.165) is 4.88 Å². The summed E-state index contributed by atoms with van der Waals surface area (Å²) in [6, 6.07) is 3.96. The van der Waals surface area contributed by atoms with E-state index >= 15 is 0 Å². The van der Waals surface area contributed by atoms with Crippen molar-refractivity contribution in [3.63, 3.8) is 0 Å². The van der Waals surface area contributed by atoms with Crippen LogP contribution in [0, 0.1) is 0 Å². The molecule has 3 heterocycles. The monoisotopic (exact) mass is 377 g/mol. The van der Waals surface area contributed by atoms with Crippen molar-refractivity contribution >= 4 is 23.2 Å². The Hall–Kier alpha value is -2.26. The van der Waals surface area contributed by atoms with Gasteiger partial charge < -0.3 is 10.1 Å². The molecule has 1 aliphatic heterocycles. The highest BCUT2D eigenvalue weighted by Crippen LogP contribution is 2.29. The number of ether oxygens (including phenoxy) is 1. The Morgan fingerprint density at radius 2 is 2.27 bits per heavy atom. The summed E-state index contributed by atoms with van der Waals surface area (Å²) in [5.41, 5.74) is 0.175. The lowest BCUT2D eigenvalue weighted by Gasteiger charge is -2.27. The van der Waals surface area contributed by atoms with Crippen LogP contribution in [0.1, 0.15) is 41.7 Å². The normalized spacial score (nSPS) is 20.5. The molecule has 8 nitrogen and oxygen atoms in total. The molecule has 0 radical (unpaired) electrons. The van der Waals surface area contributed by atoms with Crippen LogP contribution in [-0.2, 0) is 16.1 Å². The zero-order valence-corrected chi connectivity index (χ0v) is 15.9. The predicted molar refractivity (Wildman–Crippen MR) is 96.8 cm³/mol. The van der Waals surface area contributed by atoms with Gasteiger partial charge in [0.25, 0.3) is 0 Å². The second-order valence-corrected chi connectivity index (χ2v) is 7.60. The zero-order valence-electron chi connectivity index (χ0n) is 15.1. The van der Waals surface area contributed by atoms with Crippen LogP contribution in [0.25, 0.3) is 0 Å². The number of aromatic nitrogens is 3. The maximum Gasteiger partial charge on any atom is 0.360 e. The molecule has 1 fully saturated rings. The van der Waals surface area contributed by atoms with E-state index in [-0.39, 0.29) is 29.7 Å². The third kappa shape index (κ3) is 3.94. The average molecular weight is 377 g/mol. The maximum atomic E-state index is 12.7. The minimum Gasteiger partial charge on any atom is -0.464 e. The minimum atomic E-state index is -0.514. The van der Waals surface area contributed by atoms with Crippen molar-refractivity contribution in [2.45, 2.75) is 44.9 Å². The lowest BCUT2D eigenvalue weighted by Crippen LogP contribution is -2.45. The first-order valence-electron chi connectivity index (χ1n) is 8.55. The summed E-state index contributed by atoms with van der Waals surface area (Å²) in [6.07, 6.45) is 2.21. The number of nitrogens with zero attached hydrogens (tertiary/aromatic N) is 4. The highest BCUT2D eigenvalue weighted by Gasteiger charge is 2.39. The maximum absolute atomic E-state index is 12.7. The Kier molecular flexibility index (Phi) is 5.67. The molecule has 0 aromatic carbocycles. The molecule has 1 aliphatic rings. The number of hydrogen-bond acceptors (Lipinski definition) is 7. The molecular weight excluding hydrogens is 354 g/mol. The lowest BCUT2D eigenvalue weighted by molar-refractivity contribution is -0.126. The number of rotatable bonds is 6. The van der Waals surface area contributed by atoms with E-state index in [1.165, 1.54) is 7.11 Å². The molecule has 0 aliphatic carbocycles. The van der Waals surface area contributed by atoms with Gasteiger partial charge in [-0.25, -0.2) is 9.48 Å². The van der Waals surface area contributed by atoms with Gasteiger partial charge in [0.15, 0.2) is 5.69 Å². The number of nitrogens with one attached hydrogen (secondary N) is 1. The Bertz CT molecular complexity index is 758. The molecule has 2 aromatic rings. The number of amides is 1.